The van der Waals surface area contributed by atoms with Crippen LogP contribution in [0.15, 0.2) is 12.1 Å². The number of nitrogens with two attached hydrogens (primary N) is 1. The zero-order chi connectivity index (χ0) is 10.7. The van der Waals surface area contributed by atoms with Crippen LogP contribution in [0.25, 0.3) is 0 Å². The van der Waals surface area contributed by atoms with Gasteiger partial charge in [-0.1, -0.05) is 13.0 Å². The Morgan fingerprint density at radius 3 is 2.64 bits per heavy atom. The molecule has 0 fully saturated rings. The third-order valence-electron chi connectivity index (χ3n) is 2.04. The number of nitrogen functional groups attached to an aromatic ring is 1. The van der Waals surface area contributed by atoms with Crippen LogP contribution in [0.1, 0.15) is 18.1 Å². The van der Waals surface area contributed by atoms with Crippen LogP contribution in [0, 0.1) is 0 Å². The van der Waals surface area contributed by atoms with E-state index in [2.05, 4.69) is 0 Å². The van der Waals surface area contributed by atoms with Crippen molar-refractivity contribution in [3.63, 3.8) is 0 Å². The maximum absolute atomic E-state index is 10.5. The number of hydrogen-bond donors (Lipinski definition) is 3. The summed E-state index contributed by atoms with van der Waals surface area (Å²) in [5.74, 6) is -0.961. The molecule has 1 rings (SSSR count). The summed E-state index contributed by atoms with van der Waals surface area (Å²) in [6.45, 7) is 1.90. The molecule has 76 valence electrons. The molecule has 0 saturated carbocycles. The van der Waals surface area contributed by atoms with Gasteiger partial charge in [0, 0.05) is 0 Å². The van der Waals surface area contributed by atoms with Gasteiger partial charge in [0.15, 0.2) is 0 Å². The van der Waals surface area contributed by atoms with Gasteiger partial charge in [0.05, 0.1) is 12.1 Å². The van der Waals surface area contributed by atoms with Gasteiger partial charge in [-0.25, -0.2) is 0 Å². The lowest BCUT2D eigenvalue weighted by Crippen LogP contribution is -2.02. The molecular weight excluding hydrogens is 182 g/mol. The van der Waals surface area contributed by atoms with E-state index < -0.39 is 5.97 Å². The quantitative estimate of drug-likeness (QED) is 0.499. The maximum Gasteiger partial charge on any atom is 0.307 e. The normalized spacial score (nSPS) is 10.1. The Balaban J connectivity index is 3.09. The number of benzene rings is 1. The van der Waals surface area contributed by atoms with Crippen LogP contribution in [0.3, 0.4) is 0 Å². The van der Waals surface area contributed by atoms with Gasteiger partial charge in [-0.05, 0) is 23.6 Å². The molecule has 0 spiro atoms. The second-order valence-corrected chi connectivity index (χ2v) is 3.11. The number of phenols is 1. The number of aryl methyl sites for hydroxylation is 1. The molecule has 4 heteroatoms. The minimum Gasteiger partial charge on any atom is -0.506 e. The van der Waals surface area contributed by atoms with Crippen molar-refractivity contribution >= 4 is 11.7 Å². The zero-order valence-corrected chi connectivity index (χ0v) is 7.95. The number of aliphatic carboxylic acids is 1. The number of carboxylic acid groups (broad SMARTS) is 1. The summed E-state index contributed by atoms with van der Waals surface area (Å²) in [6.07, 6.45) is 0.577. The van der Waals surface area contributed by atoms with Gasteiger partial charge in [0.2, 0.25) is 0 Å². The third-order valence-corrected chi connectivity index (χ3v) is 2.04. The molecular formula is C10H13NO3. The molecule has 0 bridgehead atoms. The van der Waals surface area contributed by atoms with Crippen molar-refractivity contribution in [1.29, 1.82) is 0 Å². The molecule has 0 radical (unpaired) electrons. The van der Waals surface area contributed by atoms with E-state index in [1.165, 1.54) is 6.07 Å². The van der Waals surface area contributed by atoms with Crippen molar-refractivity contribution in [1.82, 2.24) is 0 Å². The van der Waals surface area contributed by atoms with Gasteiger partial charge in [0.1, 0.15) is 5.75 Å². The summed E-state index contributed by atoms with van der Waals surface area (Å²) < 4.78 is 0. The van der Waals surface area contributed by atoms with Gasteiger partial charge < -0.3 is 15.9 Å². The fourth-order valence-corrected chi connectivity index (χ4v) is 1.33. The first-order chi connectivity index (χ1) is 6.54. The Bertz CT molecular complexity index is 361. The highest BCUT2D eigenvalue weighted by Gasteiger charge is 2.08. The molecule has 4 N–H and O–H groups in total. The van der Waals surface area contributed by atoms with Gasteiger partial charge in [-0.15, -0.1) is 0 Å². The predicted molar refractivity (Wildman–Crippen MR) is 53.2 cm³/mol. The molecule has 0 aliphatic carbocycles. The van der Waals surface area contributed by atoms with Crippen LogP contribution < -0.4 is 5.73 Å². The Morgan fingerprint density at radius 1 is 1.50 bits per heavy atom. The molecule has 0 saturated heterocycles. The van der Waals surface area contributed by atoms with Gasteiger partial charge >= 0.3 is 5.97 Å². The lowest BCUT2D eigenvalue weighted by molar-refractivity contribution is -0.136. The molecule has 0 unspecified atom stereocenters. The van der Waals surface area contributed by atoms with Crippen LogP contribution >= 0.6 is 0 Å². The Kier molecular flexibility index (Phi) is 2.96. The number of rotatable bonds is 3. The summed E-state index contributed by atoms with van der Waals surface area (Å²) in [5.41, 5.74) is 7.28. The van der Waals surface area contributed by atoms with E-state index in [0.29, 0.717) is 17.7 Å². The molecule has 0 aliphatic heterocycles. The van der Waals surface area contributed by atoms with Gasteiger partial charge in [-0.3, -0.25) is 4.79 Å². The molecule has 4 nitrogen and oxygen atoms in total. The molecule has 1 aromatic carbocycles. The summed E-state index contributed by atoms with van der Waals surface area (Å²) in [5, 5.41) is 18.0. The van der Waals surface area contributed by atoms with E-state index in [1.54, 1.807) is 6.07 Å². The fraction of sp³-hybridized carbons (Fsp3) is 0.300. The topological polar surface area (TPSA) is 83.5 Å². The number of aromatic hydroxyl groups is 1. The van der Waals surface area contributed by atoms with Crippen LogP contribution in [0.2, 0.25) is 0 Å². The summed E-state index contributed by atoms with van der Waals surface area (Å²) in [4.78, 5) is 10.5. The number of hydrogen-bond acceptors (Lipinski definition) is 3. The minimum atomic E-state index is -0.920. The molecule has 14 heavy (non-hydrogen) atoms. The Labute approximate surface area is 82.0 Å². The first kappa shape index (κ1) is 10.4. The maximum atomic E-state index is 10.5. The Hall–Kier alpha value is -1.71. The highest BCUT2D eigenvalue weighted by Crippen LogP contribution is 2.26. The monoisotopic (exact) mass is 195 g/mol. The van der Waals surface area contributed by atoms with Crippen molar-refractivity contribution in [3.8, 4) is 5.75 Å². The number of carbonyl (C=O) groups is 1. The predicted octanol–water partition coefficient (Wildman–Crippen LogP) is 1.16. The largest absolute Gasteiger partial charge is 0.506 e. The highest BCUT2D eigenvalue weighted by atomic mass is 16.4. The molecule has 0 aliphatic rings. The van der Waals surface area contributed by atoms with Crippen molar-refractivity contribution in [2.24, 2.45) is 0 Å². The average molecular weight is 195 g/mol. The second-order valence-electron chi connectivity index (χ2n) is 3.11. The zero-order valence-electron chi connectivity index (χ0n) is 7.95. The van der Waals surface area contributed by atoms with Crippen LogP contribution in [0.5, 0.6) is 5.75 Å². The number of phenolic OH excluding ortho intramolecular Hbond substituents is 1. The van der Waals surface area contributed by atoms with E-state index in [0.717, 1.165) is 5.56 Å². The van der Waals surface area contributed by atoms with Gasteiger partial charge in [-0.2, -0.15) is 0 Å². The van der Waals surface area contributed by atoms with E-state index in [-0.39, 0.29) is 12.2 Å². The minimum absolute atomic E-state index is 0.0411. The Morgan fingerprint density at radius 2 is 2.14 bits per heavy atom. The smallest absolute Gasteiger partial charge is 0.307 e. The average Bonchev–Trinajstić information content (AvgIpc) is 2.10. The SMILES string of the molecule is CCc1cc(CC(=O)O)cc(O)c1N. The highest BCUT2D eigenvalue weighted by molar-refractivity contribution is 5.71. The van der Waals surface area contributed by atoms with Crippen molar-refractivity contribution in [2.45, 2.75) is 19.8 Å². The van der Waals surface area contributed by atoms with E-state index in [9.17, 15) is 9.90 Å². The van der Waals surface area contributed by atoms with Crippen molar-refractivity contribution in [2.75, 3.05) is 5.73 Å². The van der Waals surface area contributed by atoms with Crippen LogP contribution in [0.4, 0.5) is 5.69 Å². The molecule has 0 atom stereocenters. The number of carboxylic acids is 1. The lowest BCUT2D eigenvalue weighted by atomic mass is 10.0. The fourth-order valence-electron chi connectivity index (χ4n) is 1.33. The number of anilines is 1. The summed E-state index contributed by atoms with van der Waals surface area (Å²) >= 11 is 0. The molecule has 0 heterocycles. The lowest BCUT2D eigenvalue weighted by Gasteiger charge is -2.07. The standard InChI is InChI=1S/C10H13NO3/c1-2-7-3-6(5-9(13)14)4-8(12)10(7)11/h3-4,12H,2,5,11H2,1H3,(H,13,14). The van der Waals surface area contributed by atoms with Gasteiger partial charge in [0.25, 0.3) is 0 Å². The van der Waals surface area contributed by atoms with Crippen molar-refractivity contribution in [3.05, 3.63) is 23.3 Å². The first-order valence-corrected chi connectivity index (χ1v) is 4.36. The summed E-state index contributed by atoms with van der Waals surface area (Å²) in [6, 6.07) is 3.10. The van der Waals surface area contributed by atoms with Crippen LogP contribution in [-0.4, -0.2) is 16.2 Å². The van der Waals surface area contributed by atoms with Crippen LogP contribution in [-0.2, 0) is 17.6 Å². The molecule has 0 amide bonds. The molecule has 1 aromatic rings. The van der Waals surface area contributed by atoms with E-state index >= 15 is 0 Å². The second kappa shape index (κ2) is 4.00. The molecule has 0 aromatic heterocycles. The van der Waals surface area contributed by atoms with E-state index in [4.69, 9.17) is 10.8 Å². The summed E-state index contributed by atoms with van der Waals surface area (Å²) in [7, 11) is 0. The van der Waals surface area contributed by atoms with Crippen molar-refractivity contribution < 1.29 is 15.0 Å². The van der Waals surface area contributed by atoms with E-state index in [1.807, 2.05) is 6.92 Å². The third kappa shape index (κ3) is 2.16. The first-order valence-electron chi connectivity index (χ1n) is 4.36.